The summed E-state index contributed by atoms with van der Waals surface area (Å²) in [5, 5.41) is 0. The van der Waals surface area contributed by atoms with Gasteiger partial charge in [0.05, 0.1) is 13.2 Å². The molecule has 0 aromatic carbocycles. The molecular formula is C28H54O3. The number of rotatable bonds is 24. The van der Waals surface area contributed by atoms with Gasteiger partial charge in [0.15, 0.2) is 0 Å². The lowest BCUT2D eigenvalue weighted by Crippen LogP contribution is -2.09. The van der Waals surface area contributed by atoms with Crippen LogP contribution in [0.3, 0.4) is 0 Å². The Kier molecular flexibility index (Phi) is 26.2. The third-order valence-electron chi connectivity index (χ3n) is 5.84. The SMILES string of the molecule is CCCC/C=C\CCCCCCCCOC(=O)OCCCCCCCCCCCCC. The van der Waals surface area contributed by atoms with Gasteiger partial charge in [-0.25, -0.2) is 4.79 Å². The lowest BCUT2D eigenvalue weighted by Gasteiger charge is -2.06. The molecule has 31 heavy (non-hydrogen) atoms. The lowest BCUT2D eigenvalue weighted by atomic mass is 10.1. The number of hydrogen-bond donors (Lipinski definition) is 0. The largest absolute Gasteiger partial charge is 0.508 e. The lowest BCUT2D eigenvalue weighted by molar-refractivity contribution is 0.0529. The average molecular weight is 439 g/mol. The van der Waals surface area contributed by atoms with Gasteiger partial charge >= 0.3 is 6.16 Å². The summed E-state index contributed by atoms with van der Waals surface area (Å²) < 4.78 is 10.3. The molecule has 3 nitrogen and oxygen atoms in total. The molecule has 0 fully saturated rings. The Bertz CT molecular complexity index is 378. The predicted octanol–water partition coefficient (Wildman–Crippen LogP) is 9.93. The third kappa shape index (κ3) is 27.0. The van der Waals surface area contributed by atoms with Gasteiger partial charge in [0.1, 0.15) is 0 Å². The average Bonchev–Trinajstić information content (AvgIpc) is 2.77. The van der Waals surface area contributed by atoms with Gasteiger partial charge in [0, 0.05) is 0 Å². The van der Waals surface area contributed by atoms with Gasteiger partial charge in [0.2, 0.25) is 0 Å². The van der Waals surface area contributed by atoms with Crippen LogP contribution in [-0.4, -0.2) is 19.4 Å². The van der Waals surface area contributed by atoms with E-state index >= 15 is 0 Å². The number of unbranched alkanes of at least 4 members (excludes halogenated alkanes) is 18. The Balaban J connectivity index is 3.17. The molecule has 0 saturated heterocycles. The zero-order valence-electron chi connectivity index (χ0n) is 21.1. The summed E-state index contributed by atoms with van der Waals surface area (Å²) in [5.74, 6) is 0. The van der Waals surface area contributed by atoms with Crippen LogP contribution in [-0.2, 0) is 9.47 Å². The summed E-state index contributed by atoms with van der Waals surface area (Å²) >= 11 is 0. The molecule has 0 aliphatic heterocycles. The summed E-state index contributed by atoms with van der Waals surface area (Å²) in [6.45, 7) is 5.50. The zero-order valence-corrected chi connectivity index (χ0v) is 21.1. The van der Waals surface area contributed by atoms with E-state index in [1.54, 1.807) is 0 Å². The molecule has 0 aromatic rings. The fraction of sp³-hybridized carbons (Fsp3) is 0.893. The van der Waals surface area contributed by atoms with Gasteiger partial charge in [-0.3, -0.25) is 0 Å². The summed E-state index contributed by atoms with van der Waals surface area (Å²) in [6, 6.07) is 0. The van der Waals surface area contributed by atoms with Crippen molar-refractivity contribution in [1.29, 1.82) is 0 Å². The Morgan fingerprint density at radius 1 is 0.484 bits per heavy atom. The highest BCUT2D eigenvalue weighted by Crippen LogP contribution is 2.11. The molecule has 184 valence electrons. The van der Waals surface area contributed by atoms with E-state index in [2.05, 4.69) is 26.0 Å². The number of carbonyl (C=O) groups excluding carboxylic acids is 1. The van der Waals surface area contributed by atoms with E-state index in [-0.39, 0.29) is 0 Å². The molecule has 0 aliphatic rings. The predicted molar refractivity (Wildman–Crippen MR) is 135 cm³/mol. The minimum atomic E-state index is -0.484. The second-order valence-electron chi connectivity index (χ2n) is 9.01. The Morgan fingerprint density at radius 3 is 1.29 bits per heavy atom. The van der Waals surface area contributed by atoms with Gasteiger partial charge in [-0.05, 0) is 32.1 Å². The summed E-state index contributed by atoms with van der Waals surface area (Å²) in [4.78, 5) is 11.6. The maximum absolute atomic E-state index is 11.6. The number of allylic oxidation sites excluding steroid dienone is 2. The monoisotopic (exact) mass is 438 g/mol. The van der Waals surface area contributed by atoms with Crippen molar-refractivity contribution in [3.05, 3.63) is 12.2 Å². The first kappa shape index (κ1) is 30.0. The highest BCUT2D eigenvalue weighted by Gasteiger charge is 2.03. The standard InChI is InChI=1S/C28H54O3/c1-3-5-7-9-11-13-15-17-19-21-23-25-27-31-28(29)30-26-24-22-20-18-16-14-12-10-8-6-4-2/h9,11H,3-8,10,12-27H2,1-2H3/b11-9-. The molecule has 0 atom stereocenters. The van der Waals surface area contributed by atoms with Crippen molar-refractivity contribution in [2.45, 2.75) is 149 Å². The summed E-state index contributed by atoms with van der Waals surface area (Å²) in [6.07, 6.45) is 30.8. The first-order chi connectivity index (χ1) is 15.3. The van der Waals surface area contributed by atoms with Crippen molar-refractivity contribution >= 4 is 6.16 Å². The molecule has 3 heteroatoms. The van der Waals surface area contributed by atoms with Gasteiger partial charge < -0.3 is 9.47 Å². The fourth-order valence-corrected chi connectivity index (χ4v) is 3.75. The van der Waals surface area contributed by atoms with E-state index in [1.165, 1.54) is 109 Å². The first-order valence-corrected chi connectivity index (χ1v) is 13.8. The smallest absolute Gasteiger partial charge is 0.434 e. The van der Waals surface area contributed by atoms with Crippen LogP contribution in [0.2, 0.25) is 0 Å². The quantitative estimate of drug-likeness (QED) is 0.0854. The zero-order chi connectivity index (χ0) is 22.7. The number of hydrogen-bond acceptors (Lipinski definition) is 3. The van der Waals surface area contributed by atoms with Gasteiger partial charge in [0.25, 0.3) is 0 Å². The van der Waals surface area contributed by atoms with Crippen LogP contribution in [0, 0.1) is 0 Å². The van der Waals surface area contributed by atoms with Crippen molar-refractivity contribution in [3.63, 3.8) is 0 Å². The third-order valence-corrected chi connectivity index (χ3v) is 5.84. The van der Waals surface area contributed by atoms with Crippen LogP contribution < -0.4 is 0 Å². The maximum Gasteiger partial charge on any atom is 0.508 e. The van der Waals surface area contributed by atoms with Gasteiger partial charge in [-0.15, -0.1) is 0 Å². The van der Waals surface area contributed by atoms with E-state index in [0.29, 0.717) is 13.2 Å². The minimum Gasteiger partial charge on any atom is -0.434 e. The second kappa shape index (κ2) is 27.0. The second-order valence-corrected chi connectivity index (χ2v) is 9.01. The van der Waals surface area contributed by atoms with E-state index < -0.39 is 6.16 Å². The highest BCUT2D eigenvalue weighted by atomic mass is 16.7. The number of carbonyl (C=O) groups is 1. The van der Waals surface area contributed by atoms with Crippen molar-refractivity contribution < 1.29 is 14.3 Å². The van der Waals surface area contributed by atoms with E-state index in [4.69, 9.17) is 9.47 Å². The van der Waals surface area contributed by atoms with Crippen LogP contribution in [0.25, 0.3) is 0 Å². The molecule has 0 aliphatic carbocycles. The molecule has 0 N–H and O–H groups in total. The normalized spacial score (nSPS) is 11.3. The van der Waals surface area contributed by atoms with E-state index in [1.807, 2.05) is 0 Å². The first-order valence-electron chi connectivity index (χ1n) is 13.8. The molecule has 0 unspecified atom stereocenters. The van der Waals surface area contributed by atoms with E-state index in [9.17, 15) is 4.79 Å². The highest BCUT2D eigenvalue weighted by molar-refractivity contribution is 5.59. The van der Waals surface area contributed by atoms with Crippen molar-refractivity contribution in [2.75, 3.05) is 13.2 Å². The van der Waals surface area contributed by atoms with Crippen LogP contribution in [0.5, 0.6) is 0 Å². The number of ether oxygens (including phenoxy) is 2. The fourth-order valence-electron chi connectivity index (χ4n) is 3.75. The topological polar surface area (TPSA) is 35.5 Å². The molecule has 0 heterocycles. The van der Waals surface area contributed by atoms with Crippen LogP contribution >= 0.6 is 0 Å². The molecular weight excluding hydrogens is 384 g/mol. The molecule has 0 rings (SSSR count). The molecule has 0 saturated carbocycles. The summed E-state index contributed by atoms with van der Waals surface area (Å²) in [5.41, 5.74) is 0. The van der Waals surface area contributed by atoms with Crippen LogP contribution in [0.15, 0.2) is 12.2 Å². The molecule has 0 radical (unpaired) electrons. The van der Waals surface area contributed by atoms with Gasteiger partial charge in [-0.1, -0.05) is 129 Å². The van der Waals surface area contributed by atoms with Crippen molar-refractivity contribution in [3.8, 4) is 0 Å². The molecule has 0 bridgehead atoms. The Labute approximate surface area is 194 Å². The Morgan fingerprint density at radius 2 is 0.839 bits per heavy atom. The van der Waals surface area contributed by atoms with Crippen LogP contribution in [0.4, 0.5) is 4.79 Å². The van der Waals surface area contributed by atoms with Crippen molar-refractivity contribution in [1.82, 2.24) is 0 Å². The molecule has 0 spiro atoms. The molecule has 0 aromatic heterocycles. The molecule has 0 amide bonds. The van der Waals surface area contributed by atoms with Crippen molar-refractivity contribution in [2.24, 2.45) is 0 Å². The van der Waals surface area contributed by atoms with Gasteiger partial charge in [-0.2, -0.15) is 0 Å². The van der Waals surface area contributed by atoms with E-state index in [0.717, 1.165) is 25.7 Å². The minimum absolute atomic E-state index is 0.484. The Hall–Kier alpha value is -0.990. The maximum atomic E-state index is 11.6. The summed E-state index contributed by atoms with van der Waals surface area (Å²) in [7, 11) is 0. The van der Waals surface area contributed by atoms with Crippen LogP contribution in [0.1, 0.15) is 149 Å².